The van der Waals surface area contributed by atoms with Crippen LogP contribution in [0.3, 0.4) is 0 Å². The predicted molar refractivity (Wildman–Crippen MR) is 72.1 cm³/mol. The van der Waals surface area contributed by atoms with Gasteiger partial charge in [0.05, 0.1) is 12.2 Å². The molecule has 1 aliphatic heterocycles. The fraction of sp³-hybridized carbons (Fsp3) is 0.462. The molecule has 2 unspecified atom stereocenters. The first-order valence-electron chi connectivity index (χ1n) is 6.44. The van der Waals surface area contributed by atoms with E-state index in [0.29, 0.717) is 19.3 Å². The van der Waals surface area contributed by atoms with Gasteiger partial charge >= 0.3 is 5.97 Å². The SMILES string of the molecule is CC(NS(=O)(=O)c1ccc(C(=O)O)cc1F)C1CCOC1. The quantitative estimate of drug-likeness (QED) is 0.852. The fourth-order valence-corrected chi connectivity index (χ4v) is 3.58. The summed E-state index contributed by atoms with van der Waals surface area (Å²) in [6, 6.07) is 2.32. The topological polar surface area (TPSA) is 92.7 Å². The number of carboxylic acid groups (broad SMARTS) is 1. The van der Waals surface area contributed by atoms with Gasteiger partial charge in [-0.25, -0.2) is 22.3 Å². The van der Waals surface area contributed by atoms with Crippen molar-refractivity contribution < 1.29 is 27.4 Å². The average molecular weight is 317 g/mol. The third-order valence-electron chi connectivity index (χ3n) is 3.48. The van der Waals surface area contributed by atoms with Crippen LogP contribution in [0.15, 0.2) is 23.1 Å². The van der Waals surface area contributed by atoms with Crippen molar-refractivity contribution in [1.82, 2.24) is 4.72 Å². The Morgan fingerprint density at radius 2 is 2.24 bits per heavy atom. The molecule has 1 aliphatic rings. The van der Waals surface area contributed by atoms with Crippen LogP contribution in [0.25, 0.3) is 0 Å². The molecule has 1 saturated heterocycles. The molecule has 0 radical (unpaired) electrons. The molecule has 2 N–H and O–H groups in total. The first-order valence-corrected chi connectivity index (χ1v) is 7.92. The Bertz CT molecular complexity index is 640. The van der Waals surface area contributed by atoms with Crippen molar-refractivity contribution >= 4 is 16.0 Å². The molecule has 1 aromatic carbocycles. The Balaban J connectivity index is 2.21. The number of sulfonamides is 1. The zero-order chi connectivity index (χ0) is 15.6. The maximum atomic E-state index is 13.8. The molecule has 0 bridgehead atoms. The summed E-state index contributed by atoms with van der Waals surface area (Å²) < 4.78 is 45.7. The van der Waals surface area contributed by atoms with Crippen molar-refractivity contribution in [1.29, 1.82) is 0 Å². The van der Waals surface area contributed by atoms with Gasteiger partial charge in [-0.3, -0.25) is 0 Å². The van der Waals surface area contributed by atoms with E-state index in [9.17, 15) is 17.6 Å². The summed E-state index contributed by atoms with van der Waals surface area (Å²) in [7, 11) is -4.04. The van der Waals surface area contributed by atoms with Crippen LogP contribution < -0.4 is 4.72 Å². The number of nitrogens with one attached hydrogen (secondary N) is 1. The molecule has 1 aromatic rings. The van der Waals surface area contributed by atoms with Crippen LogP contribution in [0.2, 0.25) is 0 Å². The van der Waals surface area contributed by atoms with E-state index in [1.54, 1.807) is 6.92 Å². The van der Waals surface area contributed by atoms with Gasteiger partial charge < -0.3 is 9.84 Å². The Kier molecular flexibility index (Phi) is 4.60. The summed E-state index contributed by atoms with van der Waals surface area (Å²) in [5.74, 6) is -2.36. The van der Waals surface area contributed by atoms with Crippen LogP contribution in [-0.4, -0.2) is 38.7 Å². The Morgan fingerprint density at radius 1 is 1.52 bits per heavy atom. The van der Waals surface area contributed by atoms with Crippen LogP contribution in [0.5, 0.6) is 0 Å². The minimum atomic E-state index is -4.04. The van der Waals surface area contributed by atoms with Gasteiger partial charge in [0.1, 0.15) is 10.7 Å². The second-order valence-corrected chi connectivity index (χ2v) is 6.67. The first-order chi connectivity index (χ1) is 9.81. The van der Waals surface area contributed by atoms with E-state index in [-0.39, 0.29) is 11.5 Å². The molecule has 0 saturated carbocycles. The fourth-order valence-electron chi connectivity index (χ4n) is 2.20. The highest BCUT2D eigenvalue weighted by Gasteiger charge is 2.28. The monoisotopic (exact) mass is 317 g/mol. The van der Waals surface area contributed by atoms with Gasteiger partial charge in [0.2, 0.25) is 10.0 Å². The van der Waals surface area contributed by atoms with E-state index in [4.69, 9.17) is 9.84 Å². The maximum absolute atomic E-state index is 13.8. The standard InChI is InChI=1S/C13H16FNO5S/c1-8(10-4-5-20-7-10)15-21(18,19)12-3-2-9(13(16)17)6-11(12)14/h2-3,6,8,10,15H,4-5,7H2,1H3,(H,16,17). The molecule has 1 heterocycles. The number of ether oxygens (including phenoxy) is 1. The van der Waals surface area contributed by atoms with E-state index in [1.165, 1.54) is 0 Å². The molecule has 0 aromatic heterocycles. The highest BCUT2D eigenvalue weighted by atomic mass is 32.2. The summed E-state index contributed by atoms with van der Waals surface area (Å²) in [5, 5.41) is 8.75. The molecule has 2 atom stereocenters. The summed E-state index contributed by atoms with van der Waals surface area (Å²) in [5.41, 5.74) is -0.302. The van der Waals surface area contributed by atoms with Gasteiger partial charge in [0, 0.05) is 18.6 Å². The predicted octanol–water partition coefficient (Wildman–Crippen LogP) is 1.23. The second-order valence-electron chi connectivity index (χ2n) is 4.98. The van der Waals surface area contributed by atoms with Gasteiger partial charge in [-0.05, 0) is 31.5 Å². The number of halogens is 1. The van der Waals surface area contributed by atoms with E-state index >= 15 is 0 Å². The number of carboxylic acids is 1. The van der Waals surface area contributed by atoms with Crippen LogP contribution in [0.1, 0.15) is 23.7 Å². The van der Waals surface area contributed by atoms with E-state index in [0.717, 1.165) is 18.6 Å². The van der Waals surface area contributed by atoms with Crippen LogP contribution >= 0.6 is 0 Å². The average Bonchev–Trinajstić information content (AvgIpc) is 2.91. The molecule has 0 aliphatic carbocycles. The lowest BCUT2D eigenvalue weighted by atomic mass is 10.0. The van der Waals surface area contributed by atoms with Crippen molar-refractivity contribution in [3.8, 4) is 0 Å². The van der Waals surface area contributed by atoms with E-state index in [2.05, 4.69) is 4.72 Å². The number of hydrogen-bond acceptors (Lipinski definition) is 4. The van der Waals surface area contributed by atoms with Crippen molar-refractivity contribution in [2.24, 2.45) is 5.92 Å². The zero-order valence-corrected chi connectivity index (χ0v) is 12.2. The first kappa shape index (κ1) is 15.9. The lowest BCUT2D eigenvalue weighted by Gasteiger charge is -2.19. The maximum Gasteiger partial charge on any atom is 0.335 e. The smallest absolute Gasteiger partial charge is 0.335 e. The van der Waals surface area contributed by atoms with Gasteiger partial charge in [0.15, 0.2) is 0 Å². The van der Waals surface area contributed by atoms with Gasteiger partial charge in [-0.2, -0.15) is 0 Å². The Morgan fingerprint density at radius 3 is 2.76 bits per heavy atom. The minimum absolute atomic E-state index is 0.0427. The number of hydrogen-bond donors (Lipinski definition) is 2. The summed E-state index contributed by atoms with van der Waals surface area (Å²) in [6.07, 6.45) is 0.740. The largest absolute Gasteiger partial charge is 0.478 e. The second kappa shape index (κ2) is 6.08. The Labute approximate surface area is 122 Å². The molecular weight excluding hydrogens is 301 g/mol. The lowest BCUT2D eigenvalue weighted by molar-refractivity contribution is 0.0696. The van der Waals surface area contributed by atoms with Gasteiger partial charge in [-0.15, -0.1) is 0 Å². The molecule has 0 amide bonds. The summed E-state index contributed by atoms with van der Waals surface area (Å²) in [6.45, 7) is 2.74. The van der Waals surface area contributed by atoms with Crippen molar-refractivity contribution in [2.75, 3.05) is 13.2 Å². The number of carbonyl (C=O) groups is 1. The Hall–Kier alpha value is -1.51. The van der Waals surface area contributed by atoms with Gasteiger partial charge in [-0.1, -0.05) is 0 Å². The van der Waals surface area contributed by atoms with Crippen LogP contribution in [-0.2, 0) is 14.8 Å². The number of aromatic carboxylic acids is 1. The third kappa shape index (κ3) is 3.58. The highest BCUT2D eigenvalue weighted by molar-refractivity contribution is 7.89. The highest BCUT2D eigenvalue weighted by Crippen LogP contribution is 2.20. The molecule has 2 rings (SSSR count). The van der Waals surface area contributed by atoms with E-state index < -0.39 is 32.7 Å². The molecule has 8 heteroatoms. The summed E-state index contributed by atoms with van der Waals surface area (Å²) >= 11 is 0. The lowest BCUT2D eigenvalue weighted by Crippen LogP contribution is -2.38. The van der Waals surface area contributed by atoms with Crippen molar-refractivity contribution in [3.63, 3.8) is 0 Å². The van der Waals surface area contributed by atoms with E-state index in [1.807, 2.05) is 0 Å². The number of rotatable bonds is 5. The molecule has 6 nitrogen and oxygen atoms in total. The van der Waals surface area contributed by atoms with Crippen molar-refractivity contribution in [2.45, 2.75) is 24.3 Å². The van der Waals surface area contributed by atoms with Crippen LogP contribution in [0, 0.1) is 11.7 Å². The normalized spacial score (nSPS) is 20.4. The third-order valence-corrected chi connectivity index (χ3v) is 5.07. The van der Waals surface area contributed by atoms with Gasteiger partial charge in [0.25, 0.3) is 0 Å². The molecule has 0 spiro atoms. The molecular formula is C13H16FNO5S. The minimum Gasteiger partial charge on any atom is -0.478 e. The number of benzene rings is 1. The molecule has 116 valence electrons. The zero-order valence-electron chi connectivity index (χ0n) is 11.4. The van der Waals surface area contributed by atoms with Crippen molar-refractivity contribution in [3.05, 3.63) is 29.6 Å². The molecule has 1 fully saturated rings. The molecule has 21 heavy (non-hydrogen) atoms. The van der Waals surface area contributed by atoms with Crippen LogP contribution in [0.4, 0.5) is 4.39 Å². The summed E-state index contributed by atoms with van der Waals surface area (Å²) in [4.78, 5) is 10.2.